The van der Waals surface area contributed by atoms with Gasteiger partial charge in [0.05, 0.1) is 12.5 Å². The predicted molar refractivity (Wildman–Crippen MR) is 114 cm³/mol. The Kier molecular flexibility index (Phi) is 5.06. The fraction of sp³-hybridized carbons (Fsp3) is 0.381. The lowest BCUT2D eigenvalue weighted by Crippen LogP contribution is -2.18. The Bertz CT molecular complexity index is 1030. The molecule has 0 aliphatic carbocycles. The lowest BCUT2D eigenvalue weighted by molar-refractivity contribution is 0.423. The van der Waals surface area contributed by atoms with Crippen LogP contribution in [0.3, 0.4) is 0 Å². The van der Waals surface area contributed by atoms with Crippen LogP contribution in [0.4, 0.5) is 0 Å². The Morgan fingerprint density at radius 2 is 1.75 bits per heavy atom. The van der Waals surface area contributed by atoms with Gasteiger partial charge in [0.25, 0.3) is 0 Å². The van der Waals surface area contributed by atoms with Crippen LogP contribution in [0.1, 0.15) is 58.2 Å². The molecule has 148 valence electrons. The Morgan fingerprint density at radius 3 is 2.25 bits per heavy atom. The average molecular weight is 399 g/mol. The minimum Gasteiger partial charge on any atom is -0.507 e. The van der Waals surface area contributed by atoms with Crippen LogP contribution in [0.2, 0.25) is 0 Å². The quantitative estimate of drug-likeness (QED) is 0.458. The van der Waals surface area contributed by atoms with Crippen LogP contribution in [0, 0.1) is 4.77 Å². The number of phenols is 1. The van der Waals surface area contributed by atoms with Crippen LogP contribution in [-0.4, -0.2) is 26.2 Å². The van der Waals surface area contributed by atoms with E-state index in [1.165, 1.54) is 4.68 Å². The molecule has 0 radical (unpaired) electrons. The highest BCUT2D eigenvalue weighted by Gasteiger charge is 2.26. The highest BCUT2D eigenvalue weighted by Crippen LogP contribution is 2.39. The summed E-state index contributed by atoms with van der Waals surface area (Å²) >= 11 is 5.30. The fourth-order valence-electron chi connectivity index (χ4n) is 2.96. The summed E-state index contributed by atoms with van der Waals surface area (Å²) in [5.74, 6) is 1.41. The number of H-pyrrole nitrogens is 1. The summed E-state index contributed by atoms with van der Waals surface area (Å²) in [5.41, 5.74) is 2.21. The molecule has 2 N–H and O–H groups in total. The molecule has 0 saturated carbocycles. The Labute approximate surface area is 169 Å². The molecule has 0 aliphatic rings. The third-order valence-corrected chi connectivity index (χ3v) is 4.73. The van der Waals surface area contributed by atoms with Gasteiger partial charge in [0.15, 0.2) is 5.76 Å². The number of benzene rings is 1. The second-order valence-corrected chi connectivity index (χ2v) is 9.24. The maximum atomic E-state index is 10.9. The van der Waals surface area contributed by atoms with Crippen molar-refractivity contribution >= 4 is 18.4 Å². The first-order valence-corrected chi connectivity index (χ1v) is 9.53. The van der Waals surface area contributed by atoms with E-state index in [-0.39, 0.29) is 10.8 Å². The summed E-state index contributed by atoms with van der Waals surface area (Å²) in [6, 6.07) is 7.51. The molecular weight excluding hydrogens is 372 g/mol. The van der Waals surface area contributed by atoms with Crippen molar-refractivity contribution < 1.29 is 9.52 Å². The van der Waals surface area contributed by atoms with Crippen molar-refractivity contribution in [1.82, 2.24) is 14.9 Å². The number of aromatic amines is 1. The third-order valence-electron chi connectivity index (χ3n) is 4.46. The second kappa shape index (κ2) is 7.05. The predicted octanol–water partition coefficient (Wildman–Crippen LogP) is 5.38. The molecule has 3 rings (SSSR count). The van der Waals surface area contributed by atoms with Crippen molar-refractivity contribution in [2.45, 2.75) is 52.4 Å². The van der Waals surface area contributed by atoms with Gasteiger partial charge in [-0.2, -0.15) is 9.78 Å². The fourth-order valence-corrected chi connectivity index (χ4v) is 3.14. The molecule has 0 bridgehead atoms. The van der Waals surface area contributed by atoms with Crippen molar-refractivity contribution in [2.75, 3.05) is 0 Å². The third kappa shape index (κ3) is 3.94. The van der Waals surface area contributed by atoms with Crippen LogP contribution in [0.15, 0.2) is 40.0 Å². The molecular formula is C21H26N4O2S. The van der Waals surface area contributed by atoms with Crippen LogP contribution in [0.5, 0.6) is 5.75 Å². The summed E-state index contributed by atoms with van der Waals surface area (Å²) in [5, 5.41) is 22.3. The van der Waals surface area contributed by atoms with Crippen molar-refractivity contribution in [1.29, 1.82) is 0 Å². The summed E-state index contributed by atoms with van der Waals surface area (Å²) in [4.78, 5) is 0. The van der Waals surface area contributed by atoms with Crippen molar-refractivity contribution in [3.8, 4) is 17.3 Å². The van der Waals surface area contributed by atoms with E-state index in [9.17, 15) is 5.11 Å². The van der Waals surface area contributed by atoms with Crippen molar-refractivity contribution in [3.05, 3.63) is 52.0 Å². The van der Waals surface area contributed by atoms with Gasteiger partial charge in [-0.3, -0.25) is 0 Å². The number of hydrogen-bond donors (Lipinski definition) is 2. The number of aromatic hydroxyl groups is 1. The summed E-state index contributed by atoms with van der Waals surface area (Å²) in [6.07, 6.45) is 3.30. The van der Waals surface area contributed by atoms with Crippen molar-refractivity contribution in [2.24, 2.45) is 5.10 Å². The zero-order valence-electron chi connectivity index (χ0n) is 17.1. The topological polar surface area (TPSA) is 79.3 Å². The smallest absolute Gasteiger partial charge is 0.219 e. The van der Waals surface area contributed by atoms with Crippen LogP contribution < -0.4 is 0 Å². The molecule has 0 unspecified atom stereocenters. The highest BCUT2D eigenvalue weighted by molar-refractivity contribution is 7.71. The molecule has 0 atom stereocenters. The van der Waals surface area contributed by atoms with E-state index in [1.54, 1.807) is 24.6 Å². The maximum Gasteiger partial charge on any atom is 0.219 e. The number of furan rings is 1. The van der Waals surface area contributed by atoms with Crippen LogP contribution >= 0.6 is 12.2 Å². The molecule has 0 saturated heterocycles. The Morgan fingerprint density at radius 1 is 1.14 bits per heavy atom. The molecule has 28 heavy (non-hydrogen) atoms. The standard InChI is InChI=1S/C21H26N4O2S/c1-20(2,3)14-10-13(11-15(17(14)26)21(4,5)6)12-22-25-18(23-24-19(25)28)16-8-7-9-27-16/h7-12,26H,1-6H3,(H,24,28)/b22-12-. The second-order valence-electron chi connectivity index (χ2n) is 8.85. The minimum absolute atomic E-state index is 0.209. The normalized spacial score (nSPS) is 12.8. The van der Waals surface area contributed by atoms with Crippen molar-refractivity contribution in [3.63, 3.8) is 0 Å². The first kappa shape index (κ1) is 20.1. The van der Waals surface area contributed by atoms with E-state index >= 15 is 0 Å². The molecule has 2 heterocycles. The number of nitrogens with zero attached hydrogens (tertiary/aromatic N) is 3. The Balaban J connectivity index is 2.11. The van der Waals surface area contributed by atoms with E-state index < -0.39 is 0 Å². The van der Waals surface area contributed by atoms with Gasteiger partial charge in [-0.15, -0.1) is 5.10 Å². The molecule has 0 fully saturated rings. The molecule has 1 aromatic carbocycles. The van der Waals surface area contributed by atoms with E-state index in [2.05, 4.69) is 56.8 Å². The maximum absolute atomic E-state index is 10.9. The molecule has 0 aliphatic heterocycles. The van der Waals surface area contributed by atoms with E-state index in [0.717, 1.165) is 16.7 Å². The average Bonchev–Trinajstić information content (AvgIpc) is 3.21. The van der Waals surface area contributed by atoms with E-state index in [1.807, 2.05) is 12.1 Å². The van der Waals surface area contributed by atoms with Gasteiger partial charge in [0.2, 0.25) is 10.6 Å². The van der Waals surface area contributed by atoms with E-state index in [0.29, 0.717) is 22.1 Å². The van der Waals surface area contributed by atoms with Crippen LogP contribution in [-0.2, 0) is 10.8 Å². The minimum atomic E-state index is -0.209. The first-order valence-electron chi connectivity index (χ1n) is 9.12. The Hall–Kier alpha value is -2.67. The zero-order chi connectivity index (χ0) is 20.7. The monoisotopic (exact) mass is 398 g/mol. The van der Waals surface area contributed by atoms with E-state index in [4.69, 9.17) is 16.6 Å². The molecule has 7 heteroatoms. The number of phenolic OH excluding ortho intramolecular Hbond substituents is 1. The molecule has 3 aromatic rings. The summed E-state index contributed by atoms with van der Waals surface area (Å²) in [6.45, 7) is 12.5. The van der Waals surface area contributed by atoms with Gasteiger partial charge in [0, 0.05) is 11.1 Å². The summed E-state index contributed by atoms with van der Waals surface area (Å²) < 4.78 is 7.30. The number of rotatable bonds is 3. The zero-order valence-corrected chi connectivity index (χ0v) is 17.9. The first-order chi connectivity index (χ1) is 13.0. The van der Waals surface area contributed by atoms with Gasteiger partial charge >= 0.3 is 0 Å². The molecule has 6 nitrogen and oxygen atoms in total. The van der Waals surface area contributed by atoms with Gasteiger partial charge in [-0.05, 0) is 52.9 Å². The lowest BCUT2D eigenvalue weighted by Gasteiger charge is -2.27. The largest absolute Gasteiger partial charge is 0.507 e. The van der Waals surface area contributed by atoms with Crippen LogP contribution in [0.25, 0.3) is 11.6 Å². The summed E-state index contributed by atoms with van der Waals surface area (Å²) in [7, 11) is 0. The lowest BCUT2D eigenvalue weighted by atomic mass is 9.78. The van der Waals surface area contributed by atoms with Gasteiger partial charge < -0.3 is 9.52 Å². The van der Waals surface area contributed by atoms with Gasteiger partial charge in [-0.25, -0.2) is 5.10 Å². The number of hydrogen-bond acceptors (Lipinski definition) is 5. The SMILES string of the molecule is CC(C)(C)c1cc(/C=N\n2c(-c3ccco3)n[nH]c2=S)cc(C(C)(C)C)c1O. The number of aromatic nitrogens is 3. The highest BCUT2D eigenvalue weighted by atomic mass is 32.1. The molecule has 0 spiro atoms. The molecule has 2 aromatic heterocycles. The number of nitrogens with one attached hydrogen (secondary N) is 1. The van der Waals surface area contributed by atoms with Gasteiger partial charge in [0.1, 0.15) is 5.75 Å². The van der Waals surface area contributed by atoms with Gasteiger partial charge in [-0.1, -0.05) is 41.5 Å². The molecule has 0 amide bonds.